The van der Waals surface area contributed by atoms with Gasteiger partial charge in [0.25, 0.3) is 0 Å². The van der Waals surface area contributed by atoms with E-state index >= 15 is 0 Å². The first-order chi connectivity index (χ1) is 15.1. The van der Waals surface area contributed by atoms with Crippen molar-refractivity contribution in [1.29, 1.82) is 0 Å². The van der Waals surface area contributed by atoms with Crippen LogP contribution in [0.4, 0.5) is 10.2 Å². The molecule has 158 valence electrons. The zero-order valence-corrected chi connectivity index (χ0v) is 17.9. The van der Waals surface area contributed by atoms with Gasteiger partial charge >= 0.3 is 0 Å². The highest BCUT2D eigenvalue weighted by Crippen LogP contribution is 2.38. The monoisotopic (exact) mass is 457 g/mol. The maximum Gasteiger partial charge on any atom is 0.149 e. The molecule has 7 nitrogen and oxygen atoms in total. The number of hydrogen-bond acceptors (Lipinski definition) is 6. The molecule has 2 aromatic heterocycles. The number of halogens is 3. The number of nitrogens with one attached hydrogen (secondary N) is 1. The molecule has 0 amide bonds. The quantitative estimate of drug-likeness (QED) is 0.477. The minimum absolute atomic E-state index is 0.287. The van der Waals surface area contributed by atoms with Crippen LogP contribution in [0.2, 0.25) is 10.0 Å². The van der Waals surface area contributed by atoms with Crippen molar-refractivity contribution < 1.29 is 4.39 Å². The van der Waals surface area contributed by atoms with E-state index in [1.807, 2.05) is 6.07 Å². The fourth-order valence-electron chi connectivity index (χ4n) is 4.23. The highest BCUT2D eigenvalue weighted by molar-refractivity contribution is 6.42. The largest absolute Gasteiger partial charge is 0.356 e. The third-order valence-corrected chi connectivity index (χ3v) is 6.38. The molecule has 31 heavy (non-hydrogen) atoms. The number of tetrazole rings is 1. The summed E-state index contributed by atoms with van der Waals surface area (Å²) in [4.78, 5) is 11.0. The highest BCUT2D eigenvalue weighted by atomic mass is 35.5. The van der Waals surface area contributed by atoms with Gasteiger partial charge in [-0.25, -0.2) is 19.5 Å². The normalized spacial score (nSPS) is 16.7. The van der Waals surface area contributed by atoms with Crippen LogP contribution in [0.5, 0.6) is 0 Å². The van der Waals surface area contributed by atoms with Crippen LogP contribution in [-0.4, -0.2) is 43.7 Å². The van der Waals surface area contributed by atoms with Gasteiger partial charge in [-0.1, -0.05) is 35.3 Å². The van der Waals surface area contributed by atoms with Crippen LogP contribution in [0.1, 0.15) is 18.7 Å². The maximum absolute atomic E-state index is 14.7. The van der Waals surface area contributed by atoms with Crippen LogP contribution in [0, 0.1) is 11.7 Å². The minimum atomic E-state index is -0.385. The first-order valence-corrected chi connectivity index (χ1v) is 10.7. The Balaban J connectivity index is 1.58. The third-order valence-electron chi connectivity index (χ3n) is 5.64. The van der Waals surface area contributed by atoms with Crippen molar-refractivity contribution in [2.24, 2.45) is 5.92 Å². The van der Waals surface area contributed by atoms with E-state index in [0.29, 0.717) is 27.2 Å². The number of aromatic nitrogens is 6. The van der Waals surface area contributed by atoms with Crippen LogP contribution in [-0.2, 0) is 6.42 Å². The van der Waals surface area contributed by atoms with Crippen molar-refractivity contribution in [3.05, 3.63) is 58.3 Å². The summed E-state index contributed by atoms with van der Waals surface area (Å²) in [6, 6.07) is 8.55. The molecule has 0 bridgehead atoms. The molecule has 0 spiro atoms. The summed E-state index contributed by atoms with van der Waals surface area (Å²) in [6.45, 7) is 1.60. The van der Waals surface area contributed by atoms with E-state index in [9.17, 15) is 4.39 Å². The van der Waals surface area contributed by atoms with Crippen molar-refractivity contribution in [3.8, 4) is 11.1 Å². The van der Waals surface area contributed by atoms with Gasteiger partial charge in [-0.3, -0.25) is 0 Å². The first kappa shape index (κ1) is 20.1. The van der Waals surface area contributed by atoms with Crippen molar-refractivity contribution in [1.82, 2.24) is 30.6 Å². The van der Waals surface area contributed by atoms with Gasteiger partial charge in [0.2, 0.25) is 0 Å². The van der Waals surface area contributed by atoms with Crippen LogP contribution in [0.15, 0.2) is 36.7 Å². The third kappa shape index (κ3) is 3.93. The van der Waals surface area contributed by atoms with Crippen molar-refractivity contribution in [2.45, 2.75) is 19.3 Å². The molecule has 0 radical (unpaired) electrons. The first-order valence-electron chi connectivity index (χ1n) is 9.96. The molecule has 1 atom stereocenters. The van der Waals surface area contributed by atoms with Crippen LogP contribution in [0.25, 0.3) is 22.0 Å². The number of benzene rings is 2. The fourth-order valence-corrected chi connectivity index (χ4v) is 4.53. The number of rotatable bonds is 4. The smallest absolute Gasteiger partial charge is 0.149 e. The number of piperidine rings is 1. The summed E-state index contributed by atoms with van der Waals surface area (Å²) in [6.07, 6.45) is 4.23. The number of H-pyrrole nitrogens is 1. The van der Waals surface area contributed by atoms with Gasteiger partial charge in [0.1, 0.15) is 29.3 Å². The molecule has 1 N–H and O–H groups in total. The lowest BCUT2D eigenvalue weighted by molar-refractivity contribution is 0.405. The minimum Gasteiger partial charge on any atom is -0.356 e. The van der Waals surface area contributed by atoms with Crippen LogP contribution in [0.3, 0.4) is 0 Å². The lowest BCUT2D eigenvalue weighted by Gasteiger charge is -2.34. The second kappa shape index (κ2) is 8.36. The Hall–Kier alpha value is -2.84. The van der Waals surface area contributed by atoms with Crippen molar-refractivity contribution in [3.63, 3.8) is 0 Å². The van der Waals surface area contributed by atoms with Crippen LogP contribution >= 0.6 is 23.2 Å². The summed E-state index contributed by atoms with van der Waals surface area (Å²) in [7, 11) is 0. The van der Waals surface area contributed by atoms with E-state index in [1.54, 1.807) is 18.2 Å². The average molecular weight is 458 g/mol. The Bertz CT molecular complexity index is 1230. The van der Waals surface area contributed by atoms with E-state index in [-0.39, 0.29) is 11.3 Å². The second-order valence-corrected chi connectivity index (χ2v) is 8.47. The van der Waals surface area contributed by atoms with Crippen LogP contribution < -0.4 is 4.90 Å². The van der Waals surface area contributed by atoms with Crippen molar-refractivity contribution >= 4 is 39.9 Å². The number of nitrogens with zero attached hydrogens (tertiary/aromatic N) is 6. The molecular weight excluding hydrogens is 440 g/mol. The molecule has 1 aliphatic rings. The lowest BCUT2D eigenvalue weighted by Crippen LogP contribution is -2.37. The maximum atomic E-state index is 14.7. The summed E-state index contributed by atoms with van der Waals surface area (Å²) >= 11 is 12.4. The van der Waals surface area contributed by atoms with E-state index in [4.69, 9.17) is 23.2 Å². The van der Waals surface area contributed by atoms with E-state index in [0.717, 1.165) is 49.3 Å². The summed E-state index contributed by atoms with van der Waals surface area (Å²) in [5.41, 5.74) is 1.93. The van der Waals surface area contributed by atoms with Crippen molar-refractivity contribution in [2.75, 3.05) is 18.0 Å². The summed E-state index contributed by atoms with van der Waals surface area (Å²) < 4.78 is 14.7. The van der Waals surface area contributed by atoms with E-state index in [1.165, 1.54) is 12.4 Å². The fraction of sp³-hybridized carbons (Fsp3) is 0.286. The number of hydrogen-bond donors (Lipinski definition) is 1. The number of anilines is 1. The lowest BCUT2D eigenvalue weighted by atomic mass is 9.93. The Morgan fingerprint density at radius 1 is 1.13 bits per heavy atom. The molecule has 0 aliphatic carbocycles. The average Bonchev–Trinajstić information content (AvgIpc) is 3.29. The predicted molar refractivity (Wildman–Crippen MR) is 118 cm³/mol. The van der Waals surface area contributed by atoms with Gasteiger partial charge < -0.3 is 4.90 Å². The topological polar surface area (TPSA) is 83.5 Å². The second-order valence-electron chi connectivity index (χ2n) is 7.65. The predicted octanol–water partition coefficient (Wildman–Crippen LogP) is 4.71. The Morgan fingerprint density at radius 3 is 2.84 bits per heavy atom. The van der Waals surface area contributed by atoms with Gasteiger partial charge in [-0.2, -0.15) is 0 Å². The number of fused-ring (bicyclic) bond motifs is 1. The molecule has 4 aromatic rings. The molecule has 1 saturated heterocycles. The zero-order valence-electron chi connectivity index (χ0n) is 16.4. The summed E-state index contributed by atoms with van der Waals surface area (Å²) in [5.74, 6) is 1.45. The van der Waals surface area contributed by atoms with Gasteiger partial charge in [0, 0.05) is 19.5 Å². The van der Waals surface area contributed by atoms with Gasteiger partial charge in [-0.15, -0.1) is 5.10 Å². The van der Waals surface area contributed by atoms with Gasteiger partial charge in [-0.05, 0) is 58.5 Å². The van der Waals surface area contributed by atoms with E-state index in [2.05, 4.69) is 35.5 Å². The Labute approximate surface area is 187 Å². The zero-order chi connectivity index (χ0) is 21.4. The molecule has 1 fully saturated rings. The SMILES string of the molecule is Fc1ccc(-c2ccc(Cl)c(Cl)c2)c2c(N3CCC[C@H](Cc4nnn[nH]4)C3)ncnc12. The summed E-state index contributed by atoms with van der Waals surface area (Å²) in [5, 5.41) is 15.7. The Kier molecular flexibility index (Phi) is 5.41. The molecule has 5 rings (SSSR count). The van der Waals surface area contributed by atoms with Gasteiger partial charge in [0.05, 0.1) is 15.4 Å². The molecule has 0 unspecified atom stereocenters. The van der Waals surface area contributed by atoms with Gasteiger partial charge in [0.15, 0.2) is 0 Å². The number of aromatic amines is 1. The standard InChI is InChI=1S/C21H18Cl2FN7/c22-15-5-3-13(9-16(15)23)14-4-6-17(24)20-19(14)21(26-11-25-20)31-7-1-2-12(10-31)8-18-27-29-30-28-18/h3-6,9,11-12H,1-2,7-8,10H2,(H,27,28,29,30)/t12-/m1/s1. The Morgan fingerprint density at radius 2 is 2.03 bits per heavy atom. The molecular formula is C21H18Cl2FN7. The molecule has 10 heteroatoms. The highest BCUT2D eigenvalue weighted by Gasteiger charge is 2.25. The molecule has 2 aromatic carbocycles. The molecule has 0 saturated carbocycles. The molecule has 3 heterocycles. The molecule has 1 aliphatic heterocycles. The van der Waals surface area contributed by atoms with E-state index < -0.39 is 0 Å².